The molecule has 3 nitrogen and oxygen atoms in total. The fourth-order valence-electron chi connectivity index (χ4n) is 9.38. The number of aliphatic hydroxyl groups is 3. The summed E-state index contributed by atoms with van der Waals surface area (Å²) in [6.45, 7) is 9.29. The fraction of sp³-hybridized carbons (Fsp3) is 1.00. The van der Waals surface area contributed by atoms with Crippen molar-refractivity contribution >= 4 is 0 Å². The summed E-state index contributed by atoms with van der Waals surface area (Å²) in [5.41, 5.74) is -0.158. The van der Waals surface area contributed by atoms with Crippen LogP contribution in [0.15, 0.2) is 0 Å². The Labute approximate surface area is 185 Å². The Hall–Kier alpha value is -0.120. The minimum atomic E-state index is -0.557. The van der Waals surface area contributed by atoms with Crippen LogP contribution in [0, 0.1) is 40.4 Å². The van der Waals surface area contributed by atoms with Gasteiger partial charge in [0.05, 0.1) is 17.8 Å². The first-order valence-electron chi connectivity index (χ1n) is 13.2. The van der Waals surface area contributed by atoms with E-state index in [4.69, 9.17) is 0 Å². The third kappa shape index (κ3) is 3.69. The van der Waals surface area contributed by atoms with Gasteiger partial charge in [-0.25, -0.2) is 0 Å². The highest BCUT2D eigenvalue weighted by Gasteiger charge is 2.63. The molecule has 30 heavy (non-hydrogen) atoms. The molecule has 4 aliphatic carbocycles. The molecule has 0 bridgehead atoms. The minimum absolute atomic E-state index is 0.184. The van der Waals surface area contributed by atoms with Gasteiger partial charge in [0.1, 0.15) is 0 Å². The number of unbranched alkanes of at least 4 members (excludes halogenated alkanes) is 3. The van der Waals surface area contributed by atoms with E-state index in [1.807, 2.05) is 0 Å². The molecule has 10 atom stereocenters. The maximum absolute atomic E-state index is 11.6. The van der Waals surface area contributed by atoms with Crippen LogP contribution in [0.2, 0.25) is 0 Å². The van der Waals surface area contributed by atoms with Gasteiger partial charge in [0, 0.05) is 0 Å². The van der Waals surface area contributed by atoms with Crippen molar-refractivity contribution in [2.24, 2.45) is 40.4 Å². The number of rotatable bonds is 6. The Kier molecular flexibility index (Phi) is 6.41. The van der Waals surface area contributed by atoms with Gasteiger partial charge in [-0.3, -0.25) is 0 Å². The maximum Gasteiger partial charge on any atom is 0.0653 e. The van der Waals surface area contributed by atoms with Crippen LogP contribution in [-0.4, -0.2) is 33.1 Å². The number of hydrogen-bond donors (Lipinski definition) is 3. The molecule has 4 fully saturated rings. The van der Waals surface area contributed by atoms with E-state index in [0.29, 0.717) is 23.7 Å². The third-order valence-electron chi connectivity index (χ3n) is 10.9. The number of aliphatic hydroxyl groups excluding tert-OH is 2. The molecular weight excluding hydrogens is 372 g/mol. The van der Waals surface area contributed by atoms with Gasteiger partial charge < -0.3 is 15.3 Å². The largest absolute Gasteiger partial charge is 0.393 e. The molecule has 4 aliphatic rings. The van der Waals surface area contributed by atoms with Crippen LogP contribution in [0.3, 0.4) is 0 Å². The van der Waals surface area contributed by atoms with Crippen molar-refractivity contribution in [1.29, 1.82) is 0 Å². The first kappa shape index (κ1) is 23.1. The molecule has 0 amide bonds. The zero-order chi connectivity index (χ0) is 21.7. The summed E-state index contributed by atoms with van der Waals surface area (Å²) in [6.07, 6.45) is 13.9. The molecule has 174 valence electrons. The van der Waals surface area contributed by atoms with Gasteiger partial charge in [-0.05, 0) is 105 Å². The second-order valence-electron chi connectivity index (χ2n) is 12.6. The highest BCUT2D eigenvalue weighted by Crippen LogP contribution is 2.68. The van der Waals surface area contributed by atoms with Gasteiger partial charge in [0.2, 0.25) is 0 Å². The molecule has 0 aromatic rings. The summed E-state index contributed by atoms with van der Waals surface area (Å²) in [5.74, 6) is 2.59. The second-order valence-corrected chi connectivity index (χ2v) is 12.6. The number of hydrogen-bond acceptors (Lipinski definition) is 3. The number of fused-ring (bicyclic) bond motifs is 5. The molecule has 4 rings (SSSR count). The SMILES string of the molecule is CCCCCC[C@](C)(O)[C@H]1CC[C@H]2C3C[C@H](O)[C@H]4C[C@@H](O)CC[C@]4(C)[C@H]3CC[C@@]21C. The average molecular weight is 421 g/mol. The molecule has 0 aliphatic heterocycles. The Morgan fingerprint density at radius 1 is 0.833 bits per heavy atom. The lowest BCUT2D eigenvalue weighted by molar-refractivity contribution is -0.179. The van der Waals surface area contributed by atoms with Crippen LogP contribution in [0.5, 0.6) is 0 Å². The predicted molar refractivity (Wildman–Crippen MR) is 122 cm³/mol. The van der Waals surface area contributed by atoms with Crippen molar-refractivity contribution in [3.63, 3.8) is 0 Å². The average Bonchev–Trinajstić information content (AvgIpc) is 3.05. The molecule has 0 radical (unpaired) electrons. The van der Waals surface area contributed by atoms with Gasteiger partial charge in [-0.15, -0.1) is 0 Å². The van der Waals surface area contributed by atoms with E-state index >= 15 is 0 Å². The summed E-state index contributed by atoms with van der Waals surface area (Å²) in [4.78, 5) is 0. The van der Waals surface area contributed by atoms with Crippen LogP contribution >= 0.6 is 0 Å². The van der Waals surface area contributed by atoms with Crippen LogP contribution in [0.25, 0.3) is 0 Å². The summed E-state index contributed by atoms with van der Waals surface area (Å²) >= 11 is 0. The fourth-order valence-corrected chi connectivity index (χ4v) is 9.38. The van der Waals surface area contributed by atoms with Gasteiger partial charge in [-0.2, -0.15) is 0 Å². The van der Waals surface area contributed by atoms with E-state index in [1.165, 1.54) is 38.5 Å². The molecule has 3 heteroatoms. The summed E-state index contributed by atoms with van der Waals surface area (Å²) in [7, 11) is 0. The first-order valence-corrected chi connectivity index (χ1v) is 13.2. The van der Waals surface area contributed by atoms with E-state index in [0.717, 1.165) is 44.9 Å². The summed E-state index contributed by atoms with van der Waals surface area (Å²) in [5, 5.41) is 33.0. The molecule has 0 aromatic carbocycles. The topological polar surface area (TPSA) is 60.7 Å². The normalized spacial score (nSPS) is 50.3. The standard InChI is InChI=1S/C27H48O3/c1-5-6-7-8-13-27(4,30)24-10-9-20-19-17-23(29)22-16-18(28)11-14-25(22,2)21(19)12-15-26(20,24)3/h18-24,28-30H,5-17H2,1-4H3/t18-,19?,20-,21-,22+,23-,24-,25+,26-,27-/m0/s1. The summed E-state index contributed by atoms with van der Waals surface area (Å²) < 4.78 is 0. The minimum Gasteiger partial charge on any atom is -0.393 e. The van der Waals surface area contributed by atoms with Crippen LogP contribution in [-0.2, 0) is 0 Å². The van der Waals surface area contributed by atoms with E-state index in [9.17, 15) is 15.3 Å². The van der Waals surface area contributed by atoms with Crippen molar-refractivity contribution < 1.29 is 15.3 Å². The molecular formula is C27H48O3. The van der Waals surface area contributed by atoms with E-state index in [-0.39, 0.29) is 29.0 Å². The first-order chi connectivity index (χ1) is 14.1. The maximum atomic E-state index is 11.6. The molecule has 4 saturated carbocycles. The van der Waals surface area contributed by atoms with E-state index in [2.05, 4.69) is 27.7 Å². The molecule has 0 saturated heterocycles. The van der Waals surface area contributed by atoms with Gasteiger partial charge >= 0.3 is 0 Å². The molecule has 0 aromatic heterocycles. The highest BCUT2D eigenvalue weighted by atomic mass is 16.3. The van der Waals surface area contributed by atoms with Gasteiger partial charge in [0.25, 0.3) is 0 Å². The summed E-state index contributed by atoms with van der Waals surface area (Å²) in [6, 6.07) is 0. The Balaban J connectivity index is 1.52. The van der Waals surface area contributed by atoms with E-state index < -0.39 is 5.60 Å². The molecule has 0 heterocycles. The van der Waals surface area contributed by atoms with Crippen LogP contribution in [0.4, 0.5) is 0 Å². The van der Waals surface area contributed by atoms with Gasteiger partial charge in [0.15, 0.2) is 0 Å². The van der Waals surface area contributed by atoms with Crippen LogP contribution < -0.4 is 0 Å². The lowest BCUT2D eigenvalue weighted by Gasteiger charge is -2.62. The highest BCUT2D eigenvalue weighted by molar-refractivity contribution is 5.13. The third-order valence-corrected chi connectivity index (χ3v) is 10.9. The quantitative estimate of drug-likeness (QED) is 0.483. The van der Waals surface area contributed by atoms with E-state index in [1.54, 1.807) is 0 Å². The van der Waals surface area contributed by atoms with Crippen molar-refractivity contribution in [1.82, 2.24) is 0 Å². The lowest BCUT2D eigenvalue weighted by Crippen LogP contribution is -2.59. The lowest BCUT2D eigenvalue weighted by atomic mass is 9.43. The Morgan fingerprint density at radius 3 is 2.27 bits per heavy atom. The zero-order valence-corrected chi connectivity index (χ0v) is 20.1. The smallest absolute Gasteiger partial charge is 0.0653 e. The molecule has 0 spiro atoms. The van der Waals surface area contributed by atoms with Crippen molar-refractivity contribution in [3.8, 4) is 0 Å². The van der Waals surface area contributed by atoms with Crippen molar-refractivity contribution in [3.05, 3.63) is 0 Å². The molecule has 1 unspecified atom stereocenters. The molecule has 3 N–H and O–H groups in total. The second kappa shape index (κ2) is 8.34. The predicted octanol–water partition coefficient (Wildman–Crippen LogP) is 5.70. The Morgan fingerprint density at radius 2 is 1.53 bits per heavy atom. The van der Waals surface area contributed by atoms with Crippen molar-refractivity contribution in [2.75, 3.05) is 0 Å². The Bertz CT molecular complexity index is 603. The monoisotopic (exact) mass is 420 g/mol. The van der Waals surface area contributed by atoms with Crippen LogP contribution in [0.1, 0.15) is 111 Å². The zero-order valence-electron chi connectivity index (χ0n) is 20.1. The van der Waals surface area contributed by atoms with Gasteiger partial charge in [-0.1, -0.05) is 46.5 Å². The van der Waals surface area contributed by atoms with Crippen molar-refractivity contribution in [2.45, 2.75) is 129 Å².